The summed E-state index contributed by atoms with van der Waals surface area (Å²) in [5.74, 6) is -4.82. The van der Waals surface area contributed by atoms with Crippen molar-refractivity contribution < 1.29 is 52.4 Å². The van der Waals surface area contributed by atoms with Crippen molar-refractivity contribution >= 4 is 29.8 Å². The maximum Gasteiger partial charge on any atom is 0.338 e. The number of rotatable bonds is 10. The van der Waals surface area contributed by atoms with Crippen molar-refractivity contribution in [2.45, 2.75) is 85.1 Å². The molecule has 11 heteroatoms. The summed E-state index contributed by atoms with van der Waals surface area (Å²) in [6, 6.07) is 16.7. The molecule has 11 nitrogen and oxygen atoms in total. The highest BCUT2D eigenvalue weighted by Gasteiger charge is 2.49. The lowest BCUT2D eigenvalue weighted by Gasteiger charge is -2.42. The van der Waals surface area contributed by atoms with E-state index in [0.717, 1.165) is 11.1 Å². The van der Waals surface area contributed by atoms with Crippen LogP contribution in [0, 0.1) is 11.8 Å². The Morgan fingerprint density at radius 3 is 1.88 bits per heavy atom. The van der Waals surface area contributed by atoms with Crippen LogP contribution in [0.3, 0.4) is 0 Å². The first-order valence-electron chi connectivity index (χ1n) is 16.6. The molecule has 0 spiro atoms. The maximum atomic E-state index is 13.7. The van der Waals surface area contributed by atoms with Crippen LogP contribution in [-0.4, -0.2) is 60.6 Å². The van der Waals surface area contributed by atoms with Crippen LogP contribution >= 0.6 is 0 Å². The van der Waals surface area contributed by atoms with Crippen molar-refractivity contribution in [2.75, 3.05) is 0 Å². The Morgan fingerprint density at radius 2 is 1.35 bits per heavy atom. The third-order valence-corrected chi connectivity index (χ3v) is 8.38. The Kier molecular flexibility index (Phi) is 13.1. The summed E-state index contributed by atoms with van der Waals surface area (Å²) in [7, 11) is 0. The van der Waals surface area contributed by atoms with Gasteiger partial charge in [0.2, 0.25) is 0 Å². The summed E-state index contributed by atoms with van der Waals surface area (Å²) < 4.78 is 35.5. The molecule has 0 unspecified atom stereocenters. The van der Waals surface area contributed by atoms with Crippen molar-refractivity contribution in [1.82, 2.24) is 0 Å². The van der Waals surface area contributed by atoms with Crippen molar-refractivity contribution in [3.05, 3.63) is 119 Å². The van der Waals surface area contributed by atoms with Crippen LogP contribution < -0.4 is 0 Å². The first kappa shape index (κ1) is 38.4. The highest BCUT2D eigenvalue weighted by molar-refractivity contribution is 5.90. The number of allylic oxidation sites excluding steroid dienone is 2. The normalized spacial score (nSPS) is 22.6. The van der Waals surface area contributed by atoms with Gasteiger partial charge in [-0.25, -0.2) is 9.59 Å². The average molecular weight is 701 g/mol. The second-order valence-corrected chi connectivity index (χ2v) is 12.8. The summed E-state index contributed by atoms with van der Waals surface area (Å²) in [4.78, 5) is 64.4. The van der Waals surface area contributed by atoms with Gasteiger partial charge in [0.15, 0.2) is 24.4 Å². The van der Waals surface area contributed by atoms with E-state index in [-0.39, 0.29) is 16.7 Å². The van der Waals surface area contributed by atoms with Gasteiger partial charge in [0.05, 0.1) is 23.3 Å². The minimum absolute atomic E-state index is 0.214. The molecule has 0 amide bonds. The number of carbonyl (C=O) groups is 5. The SMILES string of the molecule is C=C1[C@@H]2[C@H](OC(C)=O)OC=C([C@H](OC(C)=O)[C@@H](C=C(C)C)OC(C)=O)[C@H]2CCC(C)=C[C@@H](OC(=O)c2ccccc2)[C@H]1OC(=O)c1ccccc1. The van der Waals surface area contributed by atoms with Gasteiger partial charge in [-0.05, 0) is 75.6 Å². The second kappa shape index (κ2) is 17.5. The highest BCUT2D eigenvalue weighted by Crippen LogP contribution is 2.45. The third kappa shape index (κ3) is 10.3. The van der Waals surface area contributed by atoms with Crippen LogP contribution in [0.2, 0.25) is 0 Å². The fraction of sp³-hybridized carbons (Fsp3) is 0.375. The number of benzene rings is 2. The molecule has 2 aromatic carbocycles. The largest absolute Gasteiger partial charge is 0.462 e. The zero-order valence-electron chi connectivity index (χ0n) is 29.7. The van der Waals surface area contributed by atoms with Gasteiger partial charge in [-0.3, -0.25) is 14.4 Å². The number of esters is 5. The molecule has 0 aromatic heterocycles. The van der Waals surface area contributed by atoms with Crippen LogP contribution in [0.15, 0.2) is 108 Å². The van der Waals surface area contributed by atoms with Crippen molar-refractivity contribution in [2.24, 2.45) is 11.8 Å². The molecular weight excluding hydrogens is 656 g/mol. The van der Waals surface area contributed by atoms with Crippen LogP contribution in [0.25, 0.3) is 0 Å². The monoisotopic (exact) mass is 700 g/mol. The van der Waals surface area contributed by atoms with Gasteiger partial charge in [-0.1, -0.05) is 54.1 Å². The summed E-state index contributed by atoms with van der Waals surface area (Å²) in [5.41, 5.74) is 2.74. The standard InChI is InChI=1S/C40H44O11/c1-23(2)20-33(47-26(5)41)37(48-27(6)42)32-22-46-40(49-28(7)43)35-25(4)36(51-39(45)30-16-12-9-13-17-30)34(21-24(3)18-19-31(32)35)50-38(44)29-14-10-8-11-15-29/h8-17,20-22,31,33-37,40H,4,18-19H2,1-3,5-7H3/t31-,33-,34-,35+,36+,37+,40+/m1/s1. The molecule has 7 atom stereocenters. The van der Waals surface area contributed by atoms with Gasteiger partial charge in [-0.15, -0.1) is 0 Å². The summed E-state index contributed by atoms with van der Waals surface area (Å²) in [6.45, 7) is 13.6. The van der Waals surface area contributed by atoms with E-state index in [0.29, 0.717) is 18.4 Å². The van der Waals surface area contributed by atoms with Crippen molar-refractivity contribution in [3.8, 4) is 0 Å². The van der Waals surface area contributed by atoms with Gasteiger partial charge in [0.25, 0.3) is 6.29 Å². The third-order valence-electron chi connectivity index (χ3n) is 8.38. The number of fused-ring (bicyclic) bond motifs is 1. The summed E-state index contributed by atoms with van der Waals surface area (Å²) in [6.07, 6.45) is -0.383. The molecular formula is C40H44O11. The molecule has 0 saturated carbocycles. The molecule has 1 heterocycles. The molecule has 270 valence electrons. The van der Waals surface area contributed by atoms with Crippen molar-refractivity contribution in [1.29, 1.82) is 0 Å². The molecule has 51 heavy (non-hydrogen) atoms. The lowest BCUT2D eigenvalue weighted by molar-refractivity contribution is -0.184. The molecule has 1 aliphatic carbocycles. The molecule has 0 saturated heterocycles. The molecule has 2 aromatic rings. The minimum atomic E-state index is -1.30. The Balaban J connectivity index is 1.88. The number of hydrogen-bond acceptors (Lipinski definition) is 11. The molecule has 0 bridgehead atoms. The fourth-order valence-corrected chi connectivity index (χ4v) is 6.24. The summed E-state index contributed by atoms with van der Waals surface area (Å²) in [5, 5.41) is 0. The Labute approximate surface area is 297 Å². The van der Waals surface area contributed by atoms with Crippen LogP contribution in [-0.2, 0) is 42.8 Å². The van der Waals surface area contributed by atoms with Gasteiger partial charge in [-0.2, -0.15) is 0 Å². The lowest BCUT2D eigenvalue weighted by Crippen LogP contribution is -2.47. The second-order valence-electron chi connectivity index (χ2n) is 12.8. The van der Waals surface area contributed by atoms with E-state index >= 15 is 0 Å². The van der Waals surface area contributed by atoms with Gasteiger partial charge in [0.1, 0.15) is 0 Å². The quantitative estimate of drug-likeness (QED) is 0.150. The highest BCUT2D eigenvalue weighted by atomic mass is 16.7. The van der Waals surface area contributed by atoms with Crippen molar-refractivity contribution in [3.63, 3.8) is 0 Å². The van der Waals surface area contributed by atoms with E-state index < -0.39 is 72.4 Å². The Hall–Kier alpha value is -5.45. The molecule has 0 N–H and O–H groups in total. The average Bonchev–Trinajstić information content (AvgIpc) is 3.12. The van der Waals surface area contributed by atoms with Gasteiger partial charge >= 0.3 is 29.8 Å². The van der Waals surface area contributed by atoms with E-state index in [9.17, 15) is 24.0 Å². The van der Waals surface area contributed by atoms with Gasteiger partial charge in [0, 0.05) is 32.3 Å². The number of hydrogen-bond donors (Lipinski definition) is 0. The predicted octanol–water partition coefficient (Wildman–Crippen LogP) is 6.60. The zero-order chi connectivity index (χ0) is 37.2. The predicted molar refractivity (Wildman–Crippen MR) is 186 cm³/mol. The Bertz CT molecular complexity index is 1700. The first-order chi connectivity index (χ1) is 24.2. The maximum absolute atomic E-state index is 13.7. The number of carbonyl (C=O) groups excluding carboxylic acids is 5. The topological polar surface area (TPSA) is 141 Å². The molecule has 1 aliphatic heterocycles. The first-order valence-corrected chi connectivity index (χ1v) is 16.6. The smallest absolute Gasteiger partial charge is 0.338 e. The zero-order valence-corrected chi connectivity index (χ0v) is 29.7. The van der Waals surface area contributed by atoms with Crippen LogP contribution in [0.5, 0.6) is 0 Å². The van der Waals surface area contributed by atoms with E-state index in [4.69, 9.17) is 28.4 Å². The van der Waals surface area contributed by atoms with E-state index in [1.807, 2.05) is 20.8 Å². The molecule has 2 aliphatic rings. The van der Waals surface area contributed by atoms with Crippen LogP contribution in [0.4, 0.5) is 0 Å². The summed E-state index contributed by atoms with van der Waals surface area (Å²) >= 11 is 0. The van der Waals surface area contributed by atoms with E-state index in [1.165, 1.54) is 27.0 Å². The van der Waals surface area contributed by atoms with E-state index in [1.54, 1.807) is 72.8 Å². The van der Waals surface area contributed by atoms with Gasteiger partial charge < -0.3 is 28.4 Å². The lowest BCUT2D eigenvalue weighted by atomic mass is 9.73. The Morgan fingerprint density at radius 1 is 0.784 bits per heavy atom. The van der Waals surface area contributed by atoms with Crippen LogP contribution in [0.1, 0.15) is 75.1 Å². The number of ether oxygens (including phenoxy) is 6. The molecule has 0 fully saturated rings. The minimum Gasteiger partial charge on any atom is -0.462 e. The molecule has 0 radical (unpaired) electrons. The molecule has 4 rings (SSSR count). The van der Waals surface area contributed by atoms with E-state index in [2.05, 4.69) is 6.58 Å². The fourth-order valence-electron chi connectivity index (χ4n) is 6.24.